The number of carbonyl (C=O) groups excluding carboxylic acids is 4. The van der Waals surface area contributed by atoms with E-state index in [1.54, 1.807) is 13.8 Å². The van der Waals surface area contributed by atoms with Gasteiger partial charge < -0.3 is 40.5 Å². The molecule has 0 spiro atoms. The third-order valence-electron chi connectivity index (χ3n) is 10.3. The molecule has 2 rings (SSSR count). The zero-order valence-corrected chi connectivity index (χ0v) is 47.7. The Morgan fingerprint density at radius 3 is 1.33 bits per heavy atom. The zero-order chi connectivity index (χ0) is 50.3. The van der Waals surface area contributed by atoms with Crippen LogP contribution in [0.4, 0.5) is 0 Å². The molecule has 2 aromatic rings. The van der Waals surface area contributed by atoms with Crippen molar-refractivity contribution in [2.24, 2.45) is 0 Å². The van der Waals surface area contributed by atoms with Crippen LogP contribution in [0.1, 0.15) is 26.7 Å². The van der Waals surface area contributed by atoms with Crippen LogP contribution in [0.15, 0.2) is 110 Å². The first kappa shape index (κ1) is 59.5. The fourth-order valence-electron chi connectivity index (χ4n) is 6.88. The van der Waals surface area contributed by atoms with E-state index in [1.807, 2.05) is 36.4 Å². The fourth-order valence-corrected chi connectivity index (χ4v) is 31.1. The van der Waals surface area contributed by atoms with Crippen LogP contribution in [-0.4, -0.2) is 121 Å². The molecule has 0 aromatic heterocycles. The van der Waals surface area contributed by atoms with Gasteiger partial charge in [0, 0.05) is 29.9 Å². The van der Waals surface area contributed by atoms with Crippen LogP contribution in [0.25, 0.3) is 0 Å². The Kier molecular flexibility index (Phi) is 26.1. The summed E-state index contributed by atoms with van der Waals surface area (Å²) in [4.78, 5) is 47.8. The molecule has 370 valence electrons. The Morgan fingerprint density at radius 2 is 0.940 bits per heavy atom. The fraction of sp³-hybridized carbons (Fsp3) is 0.500. The number of carbonyl (C=O) groups is 4. The largest absolute Gasteiger partial charge is 0.460 e. The van der Waals surface area contributed by atoms with Gasteiger partial charge in [-0.3, -0.25) is 0 Å². The average Bonchev–Trinajstić information content (AvgIpc) is 3.28. The Balaban J connectivity index is 2.12. The number of benzene rings is 2. The second-order valence-corrected chi connectivity index (χ2v) is 39.1. The molecule has 0 aliphatic carbocycles. The van der Waals surface area contributed by atoms with Gasteiger partial charge in [-0.2, -0.15) is 0 Å². The highest BCUT2D eigenvalue weighted by Crippen LogP contribution is 2.27. The molecule has 0 aliphatic rings. The summed E-state index contributed by atoms with van der Waals surface area (Å²) in [6, 6.07) is 24.9. The van der Waals surface area contributed by atoms with Gasteiger partial charge in [0.1, 0.15) is 38.6 Å². The third kappa shape index (κ3) is 23.5. The summed E-state index contributed by atoms with van der Waals surface area (Å²) in [5, 5.41) is 2.10. The summed E-state index contributed by atoms with van der Waals surface area (Å²) < 4.78 is 55.6. The van der Waals surface area contributed by atoms with E-state index in [4.69, 9.17) is 40.5 Å². The molecule has 0 fully saturated rings. The predicted molar refractivity (Wildman–Crippen MR) is 279 cm³/mol. The van der Waals surface area contributed by atoms with Crippen LogP contribution < -0.4 is 10.4 Å². The summed E-state index contributed by atoms with van der Waals surface area (Å²) in [6.45, 7) is 35.3. The average molecular weight is 1030 g/mol. The van der Waals surface area contributed by atoms with Crippen LogP contribution in [0.3, 0.4) is 0 Å². The van der Waals surface area contributed by atoms with Gasteiger partial charge in [-0.15, -0.1) is 0 Å². The lowest BCUT2D eigenvalue weighted by Gasteiger charge is -2.39. The number of ether oxygens (including phenoxy) is 4. The third-order valence-corrected chi connectivity index (χ3v) is 29.7. The summed E-state index contributed by atoms with van der Waals surface area (Å²) in [6.07, 6.45) is 2.75. The molecule has 0 bridgehead atoms. The molecule has 0 heterocycles. The van der Waals surface area contributed by atoms with Crippen molar-refractivity contribution in [3.63, 3.8) is 0 Å². The SMILES string of the molecule is C=CC(=O)OCC(COC(=O)C(=C)C)O[Si](C)CC[Si](C)(C)O[Si](C)(C)CCCCO[Si](O[Si](C)(C)CC[Si](C)OC(COC(=O)C=C)COC(=O)C(=C)C)(c1ccccc1)c1ccccc1. The molecule has 0 saturated heterocycles. The van der Waals surface area contributed by atoms with Crippen molar-refractivity contribution in [2.45, 2.75) is 121 Å². The molecular weight excluding hydrogens is 953 g/mol. The standard InChI is InChI=1S/C48H76O13Si6/c1-15-45(49)53-35-41(37-55-47(51)39(3)4)58-62(7)30-33-65(11,12)60-64(9,10)32-24-23-29-57-67(43-25-19-17-20-26-43,44-27-21-18-22-28-44)61-66(13,14)34-31-63(8)59-42(36-54-46(50)16-2)38-56-48(52)40(5)6/h15-22,25-28,41-42H,1-3,5,23-24,29-38H2,4,6-14H3. The Morgan fingerprint density at radius 1 is 0.567 bits per heavy atom. The smallest absolute Gasteiger partial charge is 0.396 e. The van der Waals surface area contributed by atoms with Crippen molar-refractivity contribution in [1.29, 1.82) is 0 Å². The molecule has 2 unspecified atom stereocenters. The van der Waals surface area contributed by atoms with E-state index in [-0.39, 0.29) is 37.6 Å². The molecule has 19 heteroatoms. The first-order valence-corrected chi connectivity index (χ1v) is 38.2. The lowest BCUT2D eigenvalue weighted by atomic mass is 10.3. The maximum Gasteiger partial charge on any atom is 0.396 e. The highest BCUT2D eigenvalue weighted by molar-refractivity contribution is 6.98. The Bertz CT molecular complexity index is 1870. The van der Waals surface area contributed by atoms with E-state index in [0.29, 0.717) is 6.61 Å². The highest BCUT2D eigenvalue weighted by Gasteiger charge is 2.47. The molecule has 0 saturated carbocycles. The maximum absolute atomic E-state index is 12.2. The predicted octanol–water partition coefficient (Wildman–Crippen LogP) is 8.40. The Labute approximate surface area is 408 Å². The summed E-state index contributed by atoms with van der Waals surface area (Å²) >= 11 is 0. The number of unbranched alkanes of at least 4 members (excludes halogenated alkanes) is 1. The molecule has 0 N–H and O–H groups in total. The number of hydrogen-bond donors (Lipinski definition) is 0. The van der Waals surface area contributed by atoms with Gasteiger partial charge in [-0.1, -0.05) is 93.4 Å². The van der Waals surface area contributed by atoms with E-state index in [0.717, 1.165) is 65.6 Å². The van der Waals surface area contributed by atoms with E-state index in [1.165, 1.54) is 0 Å². The molecule has 0 aliphatic heterocycles. The lowest BCUT2D eigenvalue weighted by Crippen LogP contribution is -2.67. The molecule has 2 atom stereocenters. The minimum atomic E-state index is -3.23. The van der Waals surface area contributed by atoms with Crippen LogP contribution >= 0.6 is 0 Å². The van der Waals surface area contributed by atoms with Gasteiger partial charge in [0.25, 0.3) is 0 Å². The summed E-state index contributed by atoms with van der Waals surface area (Å²) in [5.74, 6) is -2.20. The molecule has 2 radical (unpaired) electrons. The first-order valence-electron chi connectivity index (χ1n) is 22.8. The van der Waals surface area contributed by atoms with Crippen molar-refractivity contribution < 1.29 is 59.6 Å². The van der Waals surface area contributed by atoms with Crippen molar-refractivity contribution in [1.82, 2.24) is 0 Å². The highest BCUT2D eigenvalue weighted by atomic mass is 28.4. The second-order valence-electron chi connectivity index (χ2n) is 18.4. The topological polar surface area (TPSA) is 151 Å². The lowest BCUT2D eigenvalue weighted by molar-refractivity contribution is -0.147. The molecular formula is C48H76O13Si6. The first-order chi connectivity index (χ1) is 31.4. The molecule has 2 aromatic carbocycles. The van der Waals surface area contributed by atoms with Crippen molar-refractivity contribution >= 4 is 85.8 Å². The number of esters is 4. The van der Waals surface area contributed by atoms with Crippen LogP contribution in [0.2, 0.25) is 82.6 Å². The van der Waals surface area contributed by atoms with Crippen LogP contribution in [-0.2, 0) is 59.6 Å². The van der Waals surface area contributed by atoms with Gasteiger partial charge >= 0.3 is 32.4 Å². The van der Waals surface area contributed by atoms with Gasteiger partial charge in [-0.05, 0) is 113 Å². The number of rotatable bonds is 34. The van der Waals surface area contributed by atoms with Gasteiger partial charge in [0.15, 0.2) is 25.0 Å². The van der Waals surface area contributed by atoms with Crippen LogP contribution in [0.5, 0.6) is 0 Å². The van der Waals surface area contributed by atoms with E-state index in [2.05, 4.69) is 103 Å². The summed E-state index contributed by atoms with van der Waals surface area (Å²) in [5.41, 5.74) is 0.555. The van der Waals surface area contributed by atoms with E-state index < -0.39 is 87.7 Å². The minimum Gasteiger partial charge on any atom is -0.460 e. The zero-order valence-electron chi connectivity index (χ0n) is 41.7. The normalized spacial score (nSPS) is 13.1. The maximum atomic E-state index is 12.2. The van der Waals surface area contributed by atoms with Gasteiger partial charge in [0.2, 0.25) is 18.1 Å². The molecule has 13 nitrogen and oxygen atoms in total. The summed E-state index contributed by atoms with van der Waals surface area (Å²) in [7, 11) is -12.6. The van der Waals surface area contributed by atoms with Crippen molar-refractivity contribution in [2.75, 3.05) is 33.0 Å². The van der Waals surface area contributed by atoms with Crippen molar-refractivity contribution in [3.8, 4) is 0 Å². The quantitative estimate of drug-likeness (QED) is 0.0217. The van der Waals surface area contributed by atoms with Crippen LogP contribution in [0, 0.1) is 0 Å². The van der Waals surface area contributed by atoms with Gasteiger partial charge in [-0.25, -0.2) is 19.2 Å². The molecule has 67 heavy (non-hydrogen) atoms. The van der Waals surface area contributed by atoms with E-state index >= 15 is 0 Å². The van der Waals surface area contributed by atoms with Gasteiger partial charge in [0.05, 0.1) is 0 Å². The number of hydrogen-bond acceptors (Lipinski definition) is 13. The molecule has 0 amide bonds. The second kappa shape index (κ2) is 29.4. The Hall–Kier alpha value is -3.62. The van der Waals surface area contributed by atoms with Crippen molar-refractivity contribution in [3.05, 3.63) is 110 Å². The minimum absolute atomic E-state index is 0.0421. The monoisotopic (exact) mass is 1030 g/mol. The van der Waals surface area contributed by atoms with E-state index in [9.17, 15) is 19.2 Å².